The molecule has 0 spiro atoms. The van der Waals surface area contributed by atoms with Gasteiger partial charge >= 0.3 is 6.18 Å². The minimum absolute atomic E-state index is 0.188. The summed E-state index contributed by atoms with van der Waals surface area (Å²) in [5.74, 6) is 1.38. The molecule has 1 aromatic rings. The van der Waals surface area contributed by atoms with Crippen LogP contribution in [0.15, 0.2) is 30.4 Å². The van der Waals surface area contributed by atoms with E-state index in [4.69, 9.17) is 0 Å². The van der Waals surface area contributed by atoms with Gasteiger partial charge in [-0.1, -0.05) is 38.0 Å². The van der Waals surface area contributed by atoms with Crippen LogP contribution < -0.4 is 0 Å². The van der Waals surface area contributed by atoms with E-state index in [9.17, 15) is 17.6 Å². The zero-order valence-corrected chi connectivity index (χ0v) is 16.8. The Morgan fingerprint density at radius 1 is 0.964 bits per heavy atom. The Kier molecular flexibility index (Phi) is 7.22. The average Bonchev–Trinajstić information content (AvgIpc) is 2.66. The molecular formula is C24H32F4. The number of halogens is 4. The van der Waals surface area contributed by atoms with Crippen molar-refractivity contribution < 1.29 is 17.6 Å². The van der Waals surface area contributed by atoms with Crippen LogP contribution in [0.2, 0.25) is 0 Å². The lowest BCUT2D eigenvalue weighted by Gasteiger charge is -2.29. The molecule has 4 heteroatoms. The standard InChI is InChI=1S/C24H32F4/c1-17-6-8-18(9-7-17)4-2-3-5-19-10-12-20(13-11-19)21-14-15-22(23(25)16-21)24(26,27)28/h2,4,14-20H,3,5-13H2,1H3/b4-2+. The summed E-state index contributed by atoms with van der Waals surface area (Å²) >= 11 is 0. The van der Waals surface area contributed by atoms with E-state index >= 15 is 0 Å². The van der Waals surface area contributed by atoms with E-state index in [1.807, 2.05) is 0 Å². The van der Waals surface area contributed by atoms with Crippen LogP contribution >= 0.6 is 0 Å². The molecule has 2 aliphatic rings. The van der Waals surface area contributed by atoms with Gasteiger partial charge in [0.25, 0.3) is 0 Å². The van der Waals surface area contributed by atoms with Gasteiger partial charge in [-0.05, 0) is 92.7 Å². The number of hydrogen-bond donors (Lipinski definition) is 0. The summed E-state index contributed by atoms with van der Waals surface area (Å²) in [4.78, 5) is 0. The summed E-state index contributed by atoms with van der Waals surface area (Å²) in [5, 5.41) is 0. The lowest BCUT2D eigenvalue weighted by Crippen LogP contribution is -2.14. The lowest BCUT2D eigenvalue weighted by molar-refractivity contribution is -0.140. The largest absolute Gasteiger partial charge is 0.419 e. The molecule has 0 bridgehead atoms. The normalized spacial score (nSPS) is 29.3. The predicted octanol–water partition coefficient (Wildman–Crippen LogP) is 8.28. The number of allylic oxidation sites excluding steroid dienone is 2. The quantitative estimate of drug-likeness (QED) is 0.347. The van der Waals surface area contributed by atoms with Crippen LogP contribution in [0.1, 0.15) is 88.2 Å². The molecule has 0 unspecified atom stereocenters. The van der Waals surface area contributed by atoms with Gasteiger partial charge in [0.05, 0.1) is 5.56 Å². The van der Waals surface area contributed by atoms with Crippen LogP contribution in [0.25, 0.3) is 0 Å². The smallest absolute Gasteiger partial charge is 0.206 e. The van der Waals surface area contributed by atoms with Crippen molar-refractivity contribution in [2.75, 3.05) is 0 Å². The van der Waals surface area contributed by atoms with E-state index < -0.39 is 17.6 Å². The zero-order valence-electron chi connectivity index (χ0n) is 16.8. The van der Waals surface area contributed by atoms with Crippen molar-refractivity contribution in [3.05, 3.63) is 47.3 Å². The Labute approximate surface area is 166 Å². The molecule has 0 radical (unpaired) electrons. The van der Waals surface area contributed by atoms with E-state index in [1.165, 1.54) is 38.2 Å². The van der Waals surface area contributed by atoms with E-state index in [-0.39, 0.29) is 5.92 Å². The molecule has 0 saturated heterocycles. The highest BCUT2D eigenvalue weighted by Crippen LogP contribution is 2.39. The molecule has 3 rings (SSSR count). The van der Waals surface area contributed by atoms with E-state index in [2.05, 4.69) is 19.1 Å². The second-order valence-electron chi connectivity index (χ2n) is 8.98. The fourth-order valence-corrected chi connectivity index (χ4v) is 4.90. The molecule has 0 atom stereocenters. The van der Waals surface area contributed by atoms with Crippen LogP contribution in [0.3, 0.4) is 0 Å². The summed E-state index contributed by atoms with van der Waals surface area (Å²) < 4.78 is 52.0. The molecule has 2 saturated carbocycles. The maximum atomic E-state index is 13.8. The maximum Gasteiger partial charge on any atom is 0.419 e. The van der Waals surface area contributed by atoms with Gasteiger partial charge in [0.15, 0.2) is 0 Å². The fraction of sp³-hybridized carbons (Fsp3) is 0.667. The van der Waals surface area contributed by atoms with Crippen LogP contribution in [0, 0.1) is 23.6 Å². The van der Waals surface area contributed by atoms with Crippen molar-refractivity contribution in [1.82, 2.24) is 0 Å². The third-order valence-corrected chi connectivity index (χ3v) is 6.83. The summed E-state index contributed by atoms with van der Waals surface area (Å²) in [6, 6.07) is 3.46. The molecule has 2 fully saturated rings. The van der Waals surface area contributed by atoms with Crippen LogP contribution in [0.4, 0.5) is 17.6 Å². The van der Waals surface area contributed by atoms with E-state index in [0.29, 0.717) is 5.92 Å². The van der Waals surface area contributed by atoms with Crippen molar-refractivity contribution in [2.24, 2.45) is 17.8 Å². The Hall–Kier alpha value is -1.32. The minimum atomic E-state index is -4.62. The molecule has 0 nitrogen and oxygen atoms in total. The predicted molar refractivity (Wildman–Crippen MR) is 106 cm³/mol. The van der Waals surface area contributed by atoms with Crippen LogP contribution in [-0.4, -0.2) is 0 Å². The SMILES string of the molecule is CC1CCC(/C=C/CCC2CCC(c3ccc(C(F)(F)F)c(F)c3)CC2)CC1. The minimum Gasteiger partial charge on any atom is -0.206 e. The summed E-state index contributed by atoms with van der Waals surface area (Å²) in [6.07, 6.45) is 11.9. The van der Waals surface area contributed by atoms with Crippen LogP contribution in [0.5, 0.6) is 0 Å². The topological polar surface area (TPSA) is 0 Å². The molecular weight excluding hydrogens is 364 g/mol. The van der Waals surface area contributed by atoms with Crippen molar-refractivity contribution in [3.63, 3.8) is 0 Å². The first kappa shape index (κ1) is 21.4. The Bertz CT molecular complexity index is 645. The van der Waals surface area contributed by atoms with Crippen molar-refractivity contribution in [2.45, 2.75) is 83.2 Å². The van der Waals surface area contributed by atoms with Gasteiger partial charge in [-0.25, -0.2) is 4.39 Å². The first-order valence-corrected chi connectivity index (χ1v) is 10.9. The van der Waals surface area contributed by atoms with Crippen molar-refractivity contribution >= 4 is 0 Å². The number of benzene rings is 1. The average molecular weight is 397 g/mol. The third kappa shape index (κ3) is 5.84. The summed E-state index contributed by atoms with van der Waals surface area (Å²) in [6.45, 7) is 2.34. The second-order valence-corrected chi connectivity index (χ2v) is 8.98. The molecule has 156 valence electrons. The Balaban J connectivity index is 1.41. The summed E-state index contributed by atoms with van der Waals surface area (Å²) in [5.41, 5.74) is -0.445. The van der Waals surface area contributed by atoms with Gasteiger partial charge in [0.2, 0.25) is 0 Å². The Morgan fingerprint density at radius 2 is 1.64 bits per heavy atom. The monoisotopic (exact) mass is 396 g/mol. The molecule has 28 heavy (non-hydrogen) atoms. The van der Waals surface area contributed by atoms with Gasteiger partial charge in [0.1, 0.15) is 5.82 Å². The van der Waals surface area contributed by atoms with Crippen molar-refractivity contribution in [1.29, 1.82) is 0 Å². The highest BCUT2D eigenvalue weighted by molar-refractivity contribution is 5.29. The number of alkyl halides is 3. The molecule has 1 aromatic carbocycles. The van der Waals surface area contributed by atoms with Gasteiger partial charge in [-0.3, -0.25) is 0 Å². The highest BCUT2D eigenvalue weighted by atomic mass is 19.4. The van der Waals surface area contributed by atoms with Gasteiger partial charge in [0, 0.05) is 0 Å². The molecule has 0 aromatic heterocycles. The molecule has 0 aliphatic heterocycles. The fourth-order valence-electron chi connectivity index (χ4n) is 4.90. The Morgan fingerprint density at radius 3 is 2.25 bits per heavy atom. The molecule has 0 amide bonds. The summed E-state index contributed by atoms with van der Waals surface area (Å²) in [7, 11) is 0. The zero-order chi connectivity index (χ0) is 20.1. The van der Waals surface area contributed by atoms with E-state index in [1.54, 1.807) is 0 Å². The van der Waals surface area contributed by atoms with Gasteiger partial charge < -0.3 is 0 Å². The highest BCUT2D eigenvalue weighted by Gasteiger charge is 2.34. The maximum absolute atomic E-state index is 13.8. The number of hydrogen-bond acceptors (Lipinski definition) is 0. The first-order valence-electron chi connectivity index (χ1n) is 10.9. The van der Waals surface area contributed by atoms with Crippen LogP contribution in [-0.2, 0) is 6.18 Å². The van der Waals surface area contributed by atoms with E-state index in [0.717, 1.165) is 61.6 Å². The molecule has 0 heterocycles. The number of rotatable bonds is 5. The molecule has 2 aliphatic carbocycles. The first-order chi connectivity index (χ1) is 13.3. The van der Waals surface area contributed by atoms with Crippen molar-refractivity contribution in [3.8, 4) is 0 Å². The third-order valence-electron chi connectivity index (χ3n) is 6.83. The lowest BCUT2D eigenvalue weighted by atomic mass is 9.77. The van der Waals surface area contributed by atoms with Gasteiger partial charge in [-0.15, -0.1) is 0 Å². The second kappa shape index (κ2) is 9.45. The molecule has 0 N–H and O–H groups in total. The van der Waals surface area contributed by atoms with Gasteiger partial charge in [-0.2, -0.15) is 13.2 Å².